The highest BCUT2D eigenvalue weighted by atomic mass is 16.5. The van der Waals surface area contributed by atoms with Gasteiger partial charge in [0.15, 0.2) is 0 Å². The summed E-state index contributed by atoms with van der Waals surface area (Å²) >= 11 is 0. The number of carboxylic acids is 1. The largest absolute Gasteiger partial charge is 0.478 e. The average Bonchev–Trinajstić information content (AvgIpc) is 2.64. The Morgan fingerprint density at radius 3 is 2.19 bits per heavy atom. The van der Waals surface area contributed by atoms with Crippen molar-refractivity contribution in [3.05, 3.63) is 42.0 Å². The van der Waals surface area contributed by atoms with Crippen molar-refractivity contribution in [3.8, 4) is 0 Å². The second-order valence-electron chi connectivity index (χ2n) is 6.23. The zero-order valence-electron chi connectivity index (χ0n) is 15.1. The van der Waals surface area contributed by atoms with Crippen molar-refractivity contribution in [2.45, 2.75) is 20.0 Å². The van der Waals surface area contributed by atoms with Crippen LogP contribution in [0.15, 0.2) is 36.4 Å². The van der Waals surface area contributed by atoms with Gasteiger partial charge in [-0.2, -0.15) is 0 Å². The van der Waals surface area contributed by atoms with Gasteiger partial charge in [-0.1, -0.05) is 13.8 Å². The van der Waals surface area contributed by atoms with Crippen LogP contribution in [0.5, 0.6) is 0 Å². The molecule has 0 saturated heterocycles. The van der Waals surface area contributed by atoms with Crippen LogP contribution in [0.25, 0.3) is 0 Å². The Labute approximate surface area is 155 Å². The molecule has 0 fully saturated rings. The monoisotopic (exact) mass is 379 g/mol. The fourth-order valence-electron chi connectivity index (χ4n) is 1.85. The predicted molar refractivity (Wildman–Crippen MR) is 93.9 cm³/mol. The molecule has 9 heteroatoms. The summed E-state index contributed by atoms with van der Waals surface area (Å²) < 4.78 is 9.26. The predicted octanol–water partition coefficient (Wildman–Crippen LogP) is 0.983. The zero-order valence-corrected chi connectivity index (χ0v) is 15.1. The molecule has 146 valence electrons. The smallest absolute Gasteiger partial charge is 0.335 e. The lowest BCUT2D eigenvalue weighted by Crippen LogP contribution is -2.43. The molecule has 9 nitrogen and oxygen atoms in total. The highest BCUT2D eigenvalue weighted by Gasteiger charge is 2.35. The molecule has 0 bridgehead atoms. The van der Waals surface area contributed by atoms with Crippen LogP contribution in [0.1, 0.15) is 24.2 Å². The van der Waals surface area contributed by atoms with Gasteiger partial charge < -0.3 is 25.0 Å². The lowest BCUT2D eigenvalue weighted by molar-refractivity contribution is -0.147. The molecule has 1 aromatic rings. The summed E-state index contributed by atoms with van der Waals surface area (Å²) in [7, 11) is 1.16. The normalized spacial score (nSPS) is 12.3. The minimum Gasteiger partial charge on any atom is -0.478 e. The van der Waals surface area contributed by atoms with Crippen molar-refractivity contribution in [1.82, 2.24) is 0 Å². The van der Waals surface area contributed by atoms with E-state index in [4.69, 9.17) is 9.84 Å². The van der Waals surface area contributed by atoms with Crippen molar-refractivity contribution < 1.29 is 38.9 Å². The molecule has 0 spiro atoms. The molecule has 1 rings (SSSR count). The van der Waals surface area contributed by atoms with Gasteiger partial charge in [-0.25, -0.2) is 14.4 Å². The number of aliphatic hydroxyl groups is 1. The Hall–Kier alpha value is -3.20. The van der Waals surface area contributed by atoms with Crippen molar-refractivity contribution in [1.29, 1.82) is 0 Å². The van der Waals surface area contributed by atoms with E-state index in [9.17, 15) is 24.3 Å². The number of carbonyl (C=O) groups excluding carboxylic acids is 3. The lowest BCUT2D eigenvalue weighted by atomic mass is 9.87. The SMILES string of the molecule is COC(=O)/C=C/C(=O)OCC(C)(C)[C@@H](O)C(=O)Nc1ccc(C(=O)O)cc1. The van der Waals surface area contributed by atoms with Crippen molar-refractivity contribution in [2.75, 3.05) is 19.0 Å². The molecular formula is C18H21NO8. The summed E-state index contributed by atoms with van der Waals surface area (Å²) in [5, 5.41) is 21.5. The second kappa shape index (κ2) is 9.48. The number of rotatable bonds is 8. The first-order valence-corrected chi connectivity index (χ1v) is 7.82. The van der Waals surface area contributed by atoms with Gasteiger partial charge in [-0.3, -0.25) is 4.79 Å². The fourth-order valence-corrected chi connectivity index (χ4v) is 1.85. The molecule has 0 radical (unpaired) electrons. The van der Waals surface area contributed by atoms with Crippen molar-refractivity contribution in [2.24, 2.45) is 5.41 Å². The number of anilines is 1. The van der Waals surface area contributed by atoms with Crippen molar-refractivity contribution >= 4 is 29.5 Å². The number of esters is 2. The Bertz CT molecular complexity index is 736. The zero-order chi connectivity index (χ0) is 20.6. The first-order valence-electron chi connectivity index (χ1n) is 7.82. The number of amides is 1. The van der Waals surface area contributed by atoms with Gasteiger partial charge in [0.2, 0.25) is 0 Å². The third-order valence-corrected chi connectivity index (χ3v) is 3.53. The molecule has 0 unspecified atom stereocenters. The maximum absolute atomic E-state index is 12.2. The number of methoxy groups -OCH3 is 1. The molecule has 0 heterocycles. The number of aliphatic hydroxyl groups excluding tert-OH is 1. The molecule has 3 N–H and O–H groups in total. The van der Waals surface area contributed by atoms with Crippen LogP contribution >= 0.6 is 0 Å². The third-order valence-electron chi connectivity index (χ3n) is 3.53. The van der Waals surface area contributed by atoms with Gasteiger partial charge in [-0.15, -0.1) is 0 Å². The molecule has 0 saturated carbocycles. The standard InChI is InChI=1S/C18H21NO8/c1-18(2,10-27-14(21)9-8-13(20)26-3)15(22)16(23)19-12-6-4-11(5-7-12)17(24)25/h4-9,15,22H,10H2,1-3H3,(H,19,23)(H,24,25)/b9-8+/t15-/m0/s1. The number of hydrogen-bond donors (Lipinski definition) is 3. The lowest BCUT2D eigenvalue weighted by Gasteiger charge is -2.28. The van der Waals surface area contributed by atoms with E-state index in [0.29, 0.717) is 5.69 Å². The Balaban J connectivity index is 2.63. The summed E-state index contributed by atoms with van der Waals surface area (Å²) in [5.41, 5.74) is -0.765. The Morgan fingerprint density at radius 1 is 1.11 bits per heavy atom. The fraction of sp³-hybridized carbons (Fsp3) is 0.333. The number of nitrogens with one attached hydrogen (secondary N) is 1. The van der Waals surface area contributed by atoms with E-state index in [1.807, 2.05) is 0 Å². The quantitative estimate of drug-likeness (QED) is 0.449. The molecule has 0 aliphatic heterocycles. The summed E-state index contributed by atoms with van der Waals surface area (Å²) in [5.74, 6) is -3.40. The second-order valence-corrected chi connectivity index (χ2v) is 6.23. The van der Waals surface area contributed by atoms with Gasteiger partial charge in [-0.05, 0) is 24.3 Å². The van der Waals surface area contributed by atoms with Gasteiger partial charge in [0, 0.05) is 23.3 Å². The number of benzene rings is 1. The molecule has 0 aliphatic carbocycles. The Morgan fingerprint density at radius 2 is 1.67 bits per heavy atom. The van der Waals surface area contributed by atoms with E-state index in [-0.39, 0.29) is 12.2 Å². The van der Waals surface area contributed by atoms with Crippen LogP contribution in [-0.4, -0.2) is 53.8 Å². The topological polar surface area (TPSA) is 139 Å². The summed E-state index contributed by atoms with van der Waals surface area (Å²) in [6.07, 6.45) is 0.242. The van der Waals surface area contributed by atoms with E-state index in [2.05, 4.69) is 10.1 Å². The van der Waals surface area contributed by atoms with Crippen LogP contribution in [0.3, 0.4) is 0 Å². The van der Waals surface area contributed by atoms with E-state index in [0.717, 1.165) is 19.3 Å². The van der Waals surface area contributed by atoms with Gasteiger partial charge in [0.05, 0.1) is 19.3 Å². The summed E-state index contributed by atoms with van der Waals surface area (Å²) in [6.45, 7) is 2.74. The molecule has 0 aliphatic rings. The number of carbonyl (C=O) groups is 4. The molecule has 27 heavy (non-hydrogen) atoms. The summed E-state index contributed by atoms with van der Waals surface area (Å²) in [6, 6.07) is 5.40. The van der Waals surface area contributed by atoms with Crippen LogP contribution < -0.4 is 5.32 Å². The number of aromatic carboxylic acids is 1. The van der Waals surface area contributed by atoms with E-state index in [1.54, 1.807) is 0 Å². The van der Waals surface area contributed by atoms with Gasteiger partial charge >= 0.3 is 17.9 Å². The first-order chi connectivity index (χ1) is 12.6. The maximum atomic E-state index is 12.2. The molecular weight excluding hydrogens is 358 g/mol. The van der Waals surface area contributed by atoms with Gasteiger partial charge in [0.25, 0.3) is 5.91 Å². The van der Waals surface area contributed by atoms with Crippen LogP contribution in [-0.2, 0) is 23.9 Å². The van der Waals surface area contributed by atoms with Crippen molar-refractivity contribution in [3.63, 3.8) is 0 Å². The highest BCUT2D eigenvalue weighted by molar-refractivity contribution is 5.95. The molecule has 1 atom stereocenters. The average molecular weight is 379 g/mol. The molecule has 1 aromatic carbocycles. The molecule has 1 amide bonds. The van der Waals surface area contributed by atoms with Crippen LogP contribution in [0, 0.1) is 5.41 Å². The summed E-state index contributed by atoms with van der Waals surface area (Å²) in [4.78, 5) is 45.4. The minimum absolute atomic E-state index is 0.0563. The van der Waals surface area contributed by atoms with Gasteiger partial charge in [0.1, 0.15) is 6.10 Å². The minimum atomic E-state index is -1.52. The number of hydrogen-bond acceptors (Lipinski definition) is 7. The van der Waals surface area contributed by atoms with E-state index >= 15 is 0 Å². The number of carboxylic acid groups (broad SMARTS) is 1. The highest BCUT2D eigenvalue weighted by Crippen LogP contribution is 2.23. The Kier molecular flexibility index (Phi) is 7.67. The maximum Gasteiger partial charge on any atom is 0.335 e. The number of ether oxygens (including phenoxy) is 2. The van der Waals surface area contributed by atoms with Crippen LogP contribution in [0.2, 0.25) is 0 Å². The molecule has 0 aromatic heterocycles. The van der Waals surface area contributed by atoms with Crippen LogP contribution in [0.4, 0.5) is 5.69 Å². The van der Waals surface area contributed by atoms with E-state index < -0.39 is 35.3 Å². The van der Waals surface area contributed by atoms with E-state index in [1.165, 1.54) is 38.1 Å². The first kappa shape index (κ1) is 21.8. The third kappa shape index (κ3) is 6.90.